The van der Waals surface area contributed by atoms with Crippen LogP contribution in [-0.2, 0) is 4.74 Å². The van der Waals surface area contributed by atoms with Gasteiger partial charge in [0.2, 0.25) is 0 Å². The van der Waals surface area contributed by atoms with Crippen molar-refractivity contribution in [3.8, 4) is 0 Å². The van der Waals surface area contributed by atoms with Gasteiger partial charge in [-0.3, -0.25) is 5.41 Å². The highest BCUT2D eigenvalue weighted by molar-refractivity contribution is 7.99. The van der Waals surface area contributed by atoms with Gasteiger partial charge in [-0.25, -0.2) is 9.97 Å². The molecule has 0 spiro atoms. The van der Waals surface area contributed by atoms with Crippen molar-refractivity contribution in [3.63, 3.8) is 0 Å². The third-order valence-corrected chi connectivity index (χ3v) is 2.77. The maximum atomic E-state index is 7.33. The zero-order valence-electron chi connectivity index (χ0n) is 9.49. The highest BCUT2D eigenvalue weighted by Crippen LogP contribution is 2.15. The number of methoxy groups -OCH3 is 1. The van der Waals surface area contributed by atoms with Crippen molar-refractivity contribution in [1.82, 2.24) is 9.97 Å². The Balaban J connectivity index is 2.62. The van der Waals surface area contributed by atoms with Crippen molar-refractivity contribution < 1.29 is 4.74 Å². The third kappa shape index (κ3) is 4.16. The summed E-state index contributed by atoms with van der Waals surface area (Å²) < 4.78 is 4.96. The second-order valence-electron chi connectivity index (χ2n) is 3.29. The highest BCUT2D eigenvalue weighted by atomic mass is 32.2. The molecule has 0 aliphatic carbocycles. The van der Waals surface area contributed by atoms with E-state index >= 15 is 0 Å². The van der Waals surface area contributed by atoms with E-state index in [2.05, 4.69) is 9.97 Å². The van der Waals surface area contributed by atoms with E-state index in [0.717, 1.165) is 24.5 Å². The molecule has 0 saturated heterocycles. The van der Waals surface area contributed by atoms with Crippen LogP contribution in [0.4, 0.5) is 0 Å². The van der Waals surface area contributed by atoms with E-state index in [0.29, 0.717) is 10.9 Å². The summed E-state index contributed by atoms with van der Waals surface area (Å²) in [5.41, 5.74) is 6.71. The number of hydrogen-bond acceptors (Lipinski definition) is 5. The molecule has 0 bridgehead atoms. The number of nitrogens with two attached hydrogens (primary N) is 1. The summed E-state index contributed by atoms with van der Waals surface area (Å²) in [5, 5.41) is 8.00. The van der Waals surface area contributed by atoms with Crippen molar-refractivity contribution in [2.75, 3.05) is 19.5 Å². The summed E-state index contributed by atoms with van der Waals surface area (Å²) in [5.74, 6) is 0.874. The number of ether oxygens (including phenoxy) is 1. The average molecular weight is 240 g/mol. The number of hydrogen-bond donors (Lipinski definition) is 2. The number of rotatable bonds is 6. The van der Waals surface area contributed by atoms with Crippen LogP contribution in [0, 0.1) is 12.3 Å². The Morgan fingerprint density at radius 3 is 2.94 bits per heavy atom. The second kappa shape index (κ2) is 6.44. The van der Waals surface area contributed by atoms with Crippen LogP contribution in [0.5, 0.6) is 0 Å². The molecular formula is C10H16N4OS. The molecule has 88 valence electrons. The number of nitrogen functional groups attached to an aromatic ring is 1. The number of aryl methyl sites for hydroxylation is 1. The molecule has 1 rings (SSSR count). The van der Waals surface area contributed by atoms with Crippen molar-refractivity contribution in [2.24, 2.45) is 5.73 Å². The van der Waals surface area contributed by atoms with Crippen LogP contribution in [0.15, 0.2) is 11.2 Å². The van der Waals surface area contributed by atoms with E-state index in [4.69, 9.17) is 15.9 Å². The topological polar surface area (TPSA) is 84.9 Å². The van der Waals surface area contributed by atoms with Crippen LogP contribution in [0.2, 0.25) is 0 Å². The van der Waals surface area contributed by atoms with Crippen molar-refractivity contribution >= 4 is 17.6 Å². The fourth-order valence-corrected chi connectivity index (χ4v) is 1.93. The smallest absolute Gasteiger partial charge is 0.188 e. The standard InChI is InChI=1S/C10H16N4OS/c1-7-6-8(9(11)12)14-10(13-7)16-5-3-4-15-2/h6H,3-5H2,1-2H3,(H3,11,12). The molecular weight excluding hydrogens is 224 g/mol. The Morgan fingerprint density at radius 1 is 1.56 bits per heavy atom. The fraction of sp³-hybridized carbons (Fsp3) is 0.500. The molecule has 1 aromatic rings. The van der Waals surface area contributed by atoms with Gasteiger partial charge in [-0.1, -0.05) is 11.8 Å². The minimum Gasteiger partial charge on any atom is -0.385 e. The van der Waals surface area contributed by atoms with Gasteiger partial charge in [0.1, 0.15) is 11.5 Å². The van der Waals surface area contributed by atoms with Crippen molar-refractivity contribution in [1.29, 1.82) is 5.41 Å². The highest BCUT2D eigenvalue weighted by Gasteiger charge is 2.04. The lowest BCUT2D eigenvalue weighted by Gasteiger charge is -2.04. The Labute approximate surface area is 99.3 Å². The van der Waals surface area contributed by atoms with Gasteiger partial charge in [-0.15, -0.1) is 0 Å². The summed E-state index contributed by atoms with van der Waals surface area (Å²) >= 11 is 1.55. The van der Waals surface area contributed by atoms with Crippen molar-refractivity contribution in [2.45, 2.75) is 18.5 Å². The molecule has 0 radical (unpaired) electrons. The third-order valence-electron chi connectivity index (χ3n) is 1.83. The summed E-state index contributed by atoms with van der Waals surface area (Å²) in [7, 11) is 1.68. The van der Waals surface area contributed by atoms with Gasteiger partial charge in [0.15, 0.2) is 5.16 Å². The molecule has 0 aliphatic rings. The van der Waals surface area contributed by atoms with E-state index in [-0.39, 0.29) is 5.84 Å². The van der Waals surface area contributed by atoms with E-state index in [9.17, 15) is 0 Å². The first-order valence-corrected chi connectivity index (χ1v) is 5.94. The van der Waals surface area contributed by atoms with Crippen molar-refractivity contribution in [3.05, 3.63) is 17.5 Å². The predicted molar refractivity (Wildman–Crippen MR) is 65.0 cm³/mol. The molecule has 0 fully saturated rings. The molecule has 0 aromatic carbocycles. The minimum atomic E-state index is -0.0239. The lowest BCUT2D eigenvalue weighted by Crippen LogP contribution is -2.14. The van der Waals surface area contributed by atoms with Crippen LogP contribution in [0.25, 0.3) is 0 Å². The molecule has 5 nitrogen and oxygen atoms in total. The van der Waals surface area contributed by atoms with Gasteiger partial charge < -0.3 is 10.5 Å². The quantitative estimate of drug-likeness (QED) is 0.256. The molecule has 3 N–H and O–H groups in total. The van der Waals surface area contributed by atoms with Crippen LogP contribution < -0.4 is 5.73 Å². The molecule has 6 heteroatoms. The monoisotopic (exact) mass is 240 g/mol. The second-order valence-corrected chi connectivity index (χ2v) is 4.35. The normalized spacial score (nSPS) is 10.4. The lowest BCUT2D eigenvalue weighted by atomic mass is 10.3. The summed E-state index contributed by atoms with van der Waals surface area (Å²) in [6.45, 7) is 2.60. The number of thioether (sulfide) groups is 1. The Kier molecular flexibility index (Phi) is 5.21. The molecule has 0 saturated carbocycles. The predicted octanol–water partition coefficient (Wildman–Crippen LogP) is 1.20. The van der Waals surface area contributed by atoms with Crippen LogP contribution >= 0.6 is 11.8 Å². The van der Waals surface area contributed by atoms with Gasteiger partial charge >= 0.3 is 0 Å². The number of amidine groups is 1. The Bertz CT molecular complexity index is 370. The molecule has 0 atom stereocenters. The first-order chi connectivity index (χ1) is 7.63. The first kappa shape index (κ1) is 12.9. The van der Waals surface area contributed by atoms with Crippen LogP contribution in [0.3, 0.4) is 0 Å². The number of nitrogens with zero attached hydrogens (tertiary/aromatic N) is 2. The van der Waals surface area contributed by atoms with E-state index in [1.807, 2.05) is 6.92 Å². The number of nitrogens with one attached hydrogen (secondary N) is 1. The molecule has 0 amide bonds. The molecule has 1 aromatic heterocycles. The zero-order chi connectivity index (χ0) is 12.0. The van der Waals surface area contributed by atoms with E-state index in [1.165, 1.54) is 0 Å². The Morgan fingerprint density at radius 2 is 2.31 bits per heavy atom. The zero-order valence-corrected chi connectivity index (χ0v) is 10.3. The van der Waals surface area contributed by atoms with Gasteiger partial charge in [0, 0.05) is 25.2 Å². The molecule has 0 aliphatic heterocycles. The minimum absolute atomic E-state index is 0.0239. The Hall–Kier alpha value is -1.14. The largest absolute Gasteiger partial charge is 0.385 e. The maximum Gasteiger partial charge on any atom is 0.188 e. The van der Waals surface area contributed by atoms with Gasteiger partial charge in [0.05, 0.1) is 0 Å². The fourth-order valence-electron chi connectivity index (χ4n) is 1.11. The molecule has 1 heterocycles. The summed E-state index contributed by atoms with van der Waals surface area (Å²) in [4.78, 5) is 8.46. The number of aromatic nitrogens is 2. The average Bonchev–Trinajstić information content (AvgIpc) is 2.23. The lowest BCUT2D eigenvalue weighted by molar-refractivity contribution is 0.200. The van der Waals surface area contributed by atoms with E-state index in [1.54, 1.807) is 24.9 Å². The first-order valence-electron chi connectivity index (χ1n) is 4.95. The molecule has 0 unspecified atom stereocenters. The van der Waals surface area contributed by atoms with Gasteiger partial charge in [0.25, 0.3) is 0 Å². The maximum absolute atomic E-state index is 7.33. The SMILES string of the molecule is COCCCSc1nc(C)cc(C(=N)N)n1. The van der Waals surface area contributed by atoms with Crippen LogP contribution in [-0.4, -0.2) is 35.3 Å². The van der Waals surface area contributed by atoms with Crippen LogP contribution in [0.1, 0.15) is 17.8 Å². The summed E-state index contributed by atoms with van der Waals surface area (Å²) in [6, 6.07) is 1.71. The van der Waals surface area contributed by atoms with Gasteiger partial charge in [-0.2, -0.15) is 0 Å². The van der Waals surface area contributed by atoms with Gasteiger partial charge in [-0.05, 0) is 19.4 Å². The molecule has 16 heavy (non-hydrogen) atoms. The van der Waals surface area contributed by atoms with E-state index < -0.39 is 0 Å². The summed E-state index contributed by atoms with van der Waals surface area (Å²) in [6.07, 6.45) is 0.952.